The molecule has 3 rings (SSSR count). The van der Waals surface area contributed by atoms with Gasteiger partial charge in [-0.3, -0.25) is 4.90 Å². The van der Waals surface area contributed by atoms with Crippen molar-refractivity contribution in [1.29, 1.82) is 0 Å². The Bertz CT molecular complexity index is 549. The van der Waals surface area contributed by atoms with Crippen LogP contribution < -0.4 is 10.6 Å². The number of hydrogen-bond donors (Lipinski definition) is 2. The predicted octanol–water partition coefficient (Wildman–Crippen LogP) is 1.68. The second-order valence-electron chi connectivity index (χ2n) is 7.17. The van der Waals surface area contributed by atoms with Gasteiger partial charge in [0.25, 0.3) is 0 Å². The van der Waals surface area contributed by atoms with Gasteiger partial charge in [-0.05, 0) is 39.5 Å². The number of aryl methyl sites for hydroxylation is 1. The Morgan fingerprint density at radius 3 is 2.83 bits per heavy atom. The molecule has 2 aliphatic rings. The Kier molecular flexibility index (Phi) is 5.71. The number of nitrogens with one attached hydrogen (secondary N) is 2. The lowest BCUT2D eigenvalue weighted by molar-refractivity contribution is 0.207. The molecule has 1 aliphatic heterocycles. The molecule has 1 aromatic rings. The average Bonchev–Trinajstić information content (AvgIpc) is 3.35. The molecule has 0 radical (unpaired) electrons. The van der Waals surface area contributed by atoms with Gasteiger partial charge in [0.2, 0.25) is 0 Å². The molecule has 0 aromatic carbocycles. The molecule has 24 heavy (non-hydrogen) atoms. The van der Waals surface area contributed by atoms with Crippen molar-refractivity contribution >= 4 is 6.03 Å². The summed E-state index contributed by atoms with van der Waals surface area (Å²) in [4.78, 5) is 14.5. The van der Waals surface area contributed by atoms with Crippen LogP contribution in [0.25, 0.3) is 0 Å². The summed E-state index contributed by atoms with van der Waals surface area (Å²) in [5, 5.41) is 14.4. The third kappa shape index (κ3) is 4.47. The monoisotopic (exact) mass is 334 g/mol. The first kappa shape index (κ1) is 17.2. The van der Waals surface area contributed by atoms with Crippen LogP contribution >= 0.6 is 0 Å². The first-order chi connectivity index (χ1) is 11.6. The van der Waals surface area contributed by atoms with Crippen LogP contribution in [-0.4, -0.2) is 50.9 Å². The summed E-state index contributed by atoms with van der Waals surface area (Å²) in [5.41, 5.74) is 0. The Morgan fingerprint density at radius 1 is 1.25 bits per heavy atom. The molecule has 134 valence electrons. The van der Waals surface area contributed by atoms with Crippen LogP contribution in [0.15, 0.2) is 0 Å². The van der Waals surface area contributed by atoms with Crippen molar-refractivity contribution in [2.45, 2.75) is 77.5 Å². The number of urea groups is 1. The molecule has 0 spiro atoms. The highest BCUT2D eigenvalue weighted by Gasteiger charge is 2.30. The molecular weight excluding hydrogens is 304 g/mol. The minimum absolute atomic E-state index is 0.125. The Labute approximate surface area is 144 Å². The smallest absolute Gasteiger partial charge is 0.315 e. The van der Waals surface area contributed by atoms with E-state index in [4.69, 9.17) is 0 Å². The molecule has 2 N–H and O–H groups in total. The van der Waals surface area contributed by atoms with Crippen molar-refractivity contribution in [1.82, 2.24) is 30.3 Å². The lowest BCUT2D eigenvalue weighted by Crippen LogP contribution is -2.43. The van der Waals surface area contributed by atoms with Crippen molar-refractivity contribution in [3.05, 3.63) is 11.6 Å². The Balaban J connectivity index is 1.40. The molecule has 7 nitrogen and oxygen atoms in total. The second kappa shape index (κ2) is 7.96. The minimum Gasteiger partial charge on any atom is -0.337 e. The first-order valence-electron chi connectivity index (χ1n) is 9.33. The second-order valence-corrected chi connectivity index (χ2v) is 7.17. The van der Waals surface area contributed by atoms with E-state index in [9.17, 15) is 4.79 Å². The van der Waals surface area contributed by atoms with Gasteiger partial charge in [0.05, 0.1) is 6.54 Å². The molecule has 1 aliphatic carbocycles. The average molecular weight is 334 g/mol. The van der Waals surface area contributed by atoms with Crippen LogP contribution in [0.3, 0.4) is 0 Å². The van der Waals surface area contributed by atoms with E-state index < -0.39 is 0 Å². The molecular formula is C17H30N6O. The summed E-state index contributed by atoms with van der Waals surface area (Å²) in [6.07, 6.45) is 7.16. The van der Waals surface area contributed by atoms with Gasteiger partial charge in [0, 0.05) is 38.1 Å². The Hall–Kier alpha value is -1.63. The summed E-state index contributed by atoms with van der Waals surface area (Å²) in [5.74, 6) is 1.92. The fourth-order valence-electron chi connectivity index (χ4n) is 3.46. The van der Waals surface area contributed by atoms with Crippen LogP contribution in [-0.2, 0) is 19.5 Å². The van der Waals surface area contributed by atoms with E-state index in [-0.39, 0.29) is 6.03 Å². The number of amides is 2. The lowest BCUT2D eigenvalue weighted by Gasteiger charge is -2.26. The van der Waals surface area contributed by atoms with Crippen LogP contribution in [0.4, 0.5) is 4.79 Å². The van der Waals surface area contributed by atoms with E-state index in [1.54, 1.807) is 0 Å². The van der Waals surface area contributed by atoms with Gasteiger partial charge in [-0.1, -0.05) is 6.42 Å². The zero-order valence-corrected chi connectivity index (χ0v) is 14.9. The lowest BCUT2D eigenvalue weighted by atomic mass is 10.2. The largest absolute Gasteiger partial charge is 0.337 e. The van der Waals surface area contributed by atoms with Crippen LogP contribution in [0.2, 0.25) is 0 Å². The third-order valence-corrected chi connectivity index (χ3v) is 4.93. The highest BCUT2D eigenvalue weighted by atomic mass is 16.2. The van der Waals surface area contributed by atoms with E-state index in [0.717, 1.165) is 43.6 Å². The molecule has 1 saturated carbocycles. The summed E-state index contributed by atoms with van der Waals surface area (Å²) >= 11 is 0. The van der Waals surface area contributed by atoms with Crippen molar-refractivity contribution in [3.63, 3.8) is 0 Å². The first-order valence-corrected chi connectivity index (χ1v) is 9.33. The van der Waals surface area contributed by atoms with Gasteiger partial charge in [-0.2, -0.15) is 0 Å². The topological polar surface area (TPSA) is 75.1 Å². The van der Waals surface area contributed by atoms with Crippen LogP contribution in [0.5, 0.6) is 0 Å². The maximum absolute atomic E-state index is 12.0. The number of rotatable bonds is 7. The maximum Gasteiger partial charge on any atom is 0.315 e. The van der Waals surface area contributed by atoms with Gasteiger partial charge in [0.15, 0.2) is 5.82 Å². The highest BCUT2D eigenvalue weighted by Crippen LogP contribution is 2.27. The zero-order valence-electron chi connectivity index (χ0n) is 14.9. The van der Waals surface area contributed by atoms with E-state index >= 15 is 0 Å². The normalized spacial score (nSPS) is 17.7. The van der Waals surface area contributed by atoms with Crippen molar-refractivity contribution in [3.8, 4) is 0 Å². The number of hydrogen-bond acceptors (Lipinski definition) is 4. The molecule has 0 bridgehead atoms. The molecule has 2 heterocycles. The Morgan fingerprint density at radius 2 is 2.08 bits per heavy atom. The molecule has 7 heteroatoms. The number of aromatic nitrogens is 3. The molecule has 0 saturated heterocycles. The molecule has 1 aromatic heterocycles. The zero-order chi connectivity index (χ0) is 16.9. The summed E-state index contributed by atoms with van der Waals surface area (Å²) < 4.78 is 2.17. The molecule has 1 fully saturated rings. The summed E-state index contributed by atoms with van der Waals surface area (Å²) in [7, 11) is 0. The van der Waals surface area contributed by atoms with Gasteiger partial charge < -0.3 is 15.2 Å². The molecule has 2 amide bonds. The number of carbonyl (C=O) groups is 1. The maximum atomic E-state index is 12.0. The van der Waals surface area contributed by atoms with E-state index in [0.29, 0.717) is 19.1 Å². The number of nitrogens with zero attached hydrogens (tertiary/aromatic N) is 4. The molecule has 0 atom stereocenters. The van der Waals surface area contributed by atoms with Gasteiger partial charge in [0.1, 0.15) is 5.82 Å². The van der Waals surface area contributed by atoms with Crippen molar-refractivity contribution in [2.75, 3.05) is 13.1 Å². The van der Waals surface area contributed by atoms with Gasteiger partial charge in [-0.15, -0.1) is 10.2 Å². The molecule has 0 unspecified atom stereocenters. The number of carbonyl (C=O) groups excluding carboxylic acids is 1. The van der Waals surface area contributed by atoms with Gasteiger partial charge in [-0.25, -0.2) is 4.79 Å². The summed E-state index contributed by atoms with van der Waals surface area (Å²) in [6, 6.07) is 1.13. The quantitative estimate of drug-likeness (QED) is 0.795. The fourth-order valence-corrected chi connectivity index (χ4v) is 3.46. The van der Waals surface area contributed by atoms with Crippen molar-refractivity contribution in [2.24, 2.45) is 0 Å². The van der Waals surface area contributed by atoms with Gasteiger partial charge >= 0.3 is 6.03 Å². The predicted molar refractivity (Wildman–Crippen MR) is 92.7 cm³/mol. The fraction of sp³-hybridized carbons (Fsp3) is 0.824. The number of fused-ring (bicyclic) bond motifs is 1. The van der Waals surface area contributed by atoms with Crippen molar-refractivity contribution < 1.29 is 4.79 Å². The van der Waals surface area contributed by atoms with Crippen LogP contribution in [0, 0.1) is 0 Å². The van der Waals surface area contributed by atoms with Crippen LogP contribution in [0.1, 0.15) is 57.6 Å². The standard InChI is InChI=1S/C17H30N6O/c1-13(2)22(14-7-8-14)11-9-18-17(24)19-12-16-21-20-15-6-4-3-5-10-23(15)16/h13-14H,3-12H2,1-2H3,(H2,18,19,24). The van der Waals surface area contributed by atoms with E-state index in [2.05, 4.69) is 44.1 Å². The summed E-state index contributed by atoms with van der Waals surface area (Å²) in [6.45, 7) is 7.43. The van der Waals surface area contributed by atoms with E-state index in [1.165, 1.54) is 25.7 Å². The highest BCUT2D eigenvalue weighted by molar-refractivity contribution is 5.73. The minimum atomic E-state index is -0.125. The van der Waals surface area contributed by atoms with E-state index in [1.807, 2.05) is 0 Å². The third-order valence-electron chi connectivity index (χ3n) is 4.93. The SMILES string of the molecule is CC(C)N(CCNC(=O)NCc1nnc2n1CCCCC2)C1CC1.